The van der Waals surface area contributed by atoms with E-state index in [1.165, 1.54) is 0 Å². The molecule has 3 N–H and O–H groups in total. The summed E-state index contributed by atoms with van der Waals surface area (Å²) in [4.78, 5) is 10.8. The first-order valence-electron chi connectivity index (χ1n) is 4.54. The monoisotopic (exact) mass is 196 g/mol. The number of urea groups is 1. The Morgan fingerprint density at radius 1 is 1.71 bits per heavy atom. The van der Waals surface area contributed by atoms with Crippen LogP contribution in [0.25, 0.3) is 0 Å². The standard InChI is InChI=1S/C9H12N2O3/c10-9(12)11(13)7-2-1-3-8-6(7)4-5-14-8/h4-5,7,13H,1-3H2,(H2,10,12). The zero-order valence-corrected chi connectivity index (χ0v) is 7.64. The molecule has 1 aliphatic rings. The van der Waals surface area contributed by atoms with Gasteiger partial charge in [-0.2, -0.15) is 5.06 Å². The van der Waals surface area contributed by atoms with Gasteiger partial charge in [0.05, 0.1) is 12.3 Å². The lowest BCUT2D eigenvalue weighted by Gasteiger charge is -2.27. The van der Waals surface area contributed by atoms with E-state index in [1.807, 2.05) is 0 Å². The van der Waals surface area contributed by atoms with Crippen molar-refractivity contribution in [3.8, 4) is 0 Å². The molecule has 2 rings (SSSR count). The van der Waals surface area contributed by atoms with Gasteiger partial charge in [-0.15, -0.1) is 0 Å². The van der Waals surface area contributed by atoms with E-state index < -0.39 is 6.03 Å². The van der Waals surface area contributed by atoms with Crippen molar-refractivity contribution in [2.24, 2.45) is 5.73 Å². The molecule has 1 heterocycles. The molecular formula is C9H12N2O3. The summed E-state index contributed by atoms with van der Waals surface area (Å²) in [5.41, 5.74) is 5.86. The van der Waals surface area contributed by atoms with Crippen LogP contribution in [0.2, 0.25) is 0 Å². The summed E-state index contributed by atoms with van der Waals surface area (Å²) in [6, 6.07) is 0.588. The summed E-state index contributed by atoms with van der Waals surface area (Å²) < 4.78 is 5.23. The number of hydroxylamine groups is 2. The first-order chi connectivity index (χ1) is 6.70. The summed E-state index contributed by atoms with van der Waals surface area (Å²) >= 11 is 0. The third-order valence-electron chi connectivity index (χ3n) is 2.54. The lowest BCUT2D eigenvalue weighted by molar-refractivity contribution is -0.0813. The lowest BCUT2D eigenvalue weighted by atomic mass is 9.93. The van der Waals surface area contributed by atoms with Gasteiger partial charge in [-0.25, -0.2) is 4.79 Å². The summed E-state index contributed by atoms with van der Waals surface area (Å²) in [6.45, 7) is 0. The number of fused-ring (bicyclic) bond motifs is 1. The molecule has 0 saturated heterocycles. The van der Waals surface area contributed by atoms with Gasteiger partial charge >= 0.3 is 6.03 Å². The number of carbonyl (C=O) groups is 1. The van der Waals surface area contributed by atoms with Crippen molar-refractivity contribution in [3.05, 3.63) is 23.7 Å². The molecule has 0 fully saturated rings. The van der Waals surface area contributed by atoms with E-state index in [0.29, 0.717) is 11.5 Å². The van der Waals surface area contributed by atoms with E-state index in [4.69, 9.17) is 10.2 Å². The zero-order chi connectivity index (χ0) is 10.1. The van der Waals surface area contributed by atoms with Crippen molar-refractivity contribution in [2.45, 2.75) is 25.3 Å². The number of furan rings is 1. The van der Waals surface area contributed by atoms with Crippen LogP contribution in [0.1, 0.15) is 30.2 Å². The first-order valence-corrected chi connectivity index (χ1v) is 4.54. The number of carbonyl (C=O) groups excluding carboxylic acids is 1. The second-order valence-electron chi connectivity index (χ2n) is 3.39. The van der Waals surface area contributed by atoms with E-state index in [9.17, 15) is 10.0 Å². The molecule has 0 aromatic carbocycles. The van der Waals surface area contributed by atoms with E-state index in [1.54, 1.807) is 12.3 Å². The Morgan fingerprint density at radius 3 is 3.21 bits per heavy atom. The molecule has 76 valence electrons. The predicted molar refractivity (Wildman–Crippen MR) is 47.6 cm³/mol. The predicted octanol–water partition coefficient (Wildman–Crippen LogP) is 1.43. The lowest BCUT2D eigenvalue weighted by Crippen LogP contribution is -2.37. The van der Waals surface area contributed by atoms with Gasteiger partial charge in [0.1, 0.15) is 5.76 Å². The summed E-state index contributed by atoms with van der Waals surface area (Å²) in [7, 11) is 0. The molecule has 14 heavy (non-hydrogen) atoms. The SMILES string of the molecule is NC(=O)N(O)C1CCCc2occc21. The van der Waals surface area contributed by atoms with Gasteiger partial charge in [0, 0.05) is 12.0 Å². The van der Waals surface area contributed by atoms with Gasteiger partial charge in [-0.1, -0.05) is 0 Å². The molecule has 2 amide bonds. The topological polar surface area (TPSA) is 79.7 Å². The molecule has 1 aromatic heterocycles. The van der Waals surface area contributed by atoms with Crippen LogP contribution in [-0.4, -0.2) is 16.3 Å². The van der Waals surface area contributed by atoms with Crippen LogP contribution in [0.15, 0.2) is 16.7 Å². The number of rotatable bonds is 1. The molecule has 1 aliphatic carbocycles. The van der Waals surface area contributed by atoms with E-state index in [-0.39, 0.29) is 6.04 Å². The highest BCUT2D eigenvalue weighted by Gasteiger charge is 2.29. The van der Waals surface area contributed by atoms with Gasteiger partial charge < -0.3 is 10.2 Å². The summed E-state index contributed by atoms with van der Waals surface area (Å²) in [5, 5.41) is 10.0. The second kappa shape index (κ2) is 3.34. The molecule has 0 spiro atoms. The number of amides is 2. The smallest absolute Gasteiger partial charge is 0.339 e. The number of hydrogen-bond donors (Lipinski definition) is 2. The number of nitrogens with two attached hydrogens (primary N) is 1. The minimum Gasteiger partial charge on any atom is -0.469 e. The van der Waals surface area contributed by atoms with E-state index >= 15 is 0 Å². The zero-order valence-electron chi connectivity index (χ0n) is 7.64. The highest BCUT2D eigenvalue weighted by molar-refractivity contribution is 5.71. The average Bonchev–Trinajstić information content (AvgIpc) is 2.63. The molecule has 0 aliphatic heterocycles. The number of aryl methyl sites for hydroxylation is 1. The maximum atomic E-state index is 10.8. The molecule has 0 saturated carbocycles. The third-order valence-corrected chi connectivity index (χ3v) is 2.54. The summed E-state index contributed by atoms with van der Waals surface area (Å²) in [6.07, 6.45) is 4.02. The molecule has 1 atom stereocenters. The van der Waals surface area contributed by atoms with Gasteiger partial charge in [-0.05, 0) is 18.9 Å². The van der Waals surface area contributed by atoms with Crippen LogP contribution >= 0.6 is 0 Å². The molecule has 1 unspecified atom stereocenters. The minimum absolute atomic E-state index is 0.352. The van der Waals surface area contributed by atoms with Crippen LogP contribution in [0.5, 0.6) is 0 Å². The van der Waals surface area contributed by atoms with Crippen LogP contribution < -0.4 is 5.73 Å². The maximum absolute atomic E-state index is 10.8. The molecule has 0 radical (unpaired) electrons. The van der Waals surface area contributed by atoms with Crippen LogP contribution in [-0.2, 0) is 6.42 Å². The Labute approximate surface area is 81.1 Å². The Balaban J connectivity index is 2.28. The number of primary amides is 1. The van der Waals surface area contributed by atoms with Crippen molar-refractivity contribution in [1.29, 1.82) is 0 Å². The van der Waals surface area contributed by atoms with E-state index in [0.717, 1.165) is 24.2 Å². The highest BCUT2D eigenvalue weighted by atomic mass is 16.5. The largest absolute Gasteiger partial charge is 0.469 e. The van der Waals surface area contributed by atoms with Gasteiger partial charge in [0.2, 0.25) is 0 Å². The fourth-order valence-electron chi connectivity index (χ4n) is 1.87. The summed E-state index contributed by atoms with van der Waals surface area (Å²) in [5.74, 6) is 0.835. The van der Waals surface area contributed by atoms with Crippen LogP contribution in [0.3, 0.4) is 0 Å². The van der Waals surface area contributed by atoms with Crippen molar-refractivity contribution < 1.29 is 14.4 Å². The van der Waals surface area contributed by atoms with Gasteiger partial charge in [0.25, 0.3) is 0 Å². The van der Waals surface area contributed by atoms with Crippen LogP contribution in [0.4, 0.5) is 4.79 Å². The molecule has 5 heteroatoms. The minimum atomic E-state index is -0.830. The van der Waals surface area contributed by atoms with E-state index in [2.05, 4.69) is 0 Å². The van der Waals surface area contributed by atoms with Crippen molar-refractivity contribution in [3.63, 3.8) is 0 Å². The van der Waals surface area contributed by atoms with Gasteiger partial charge in [-0.3, -0.25) is 5.21 Å². The normalized spacial score (nSPS) is 20.2. The second-order valence-corrected chi connectivity index (χ2v) is 3.39. The van der Waals surface area contributed by atoms with Crippen molar-refractivity contribution >= 4 is 6.03 Å². The molecule has 1 aromatic rings. The highest BCUT2D eigenvalue weighted by Crippen LogP contribution is 2.33. The average molecular weight is 196 g/mol. The Kier molecular flexibility index (Phi) is 2.17. The quantitative estimate of drug-likeness (QED) is 0.526. The molecule has 5 nitrogen and oxygen atoms in total. The first kappa shape index (κ1) is 9.08. The Hall–Kier alpha value is -1.49. The molecule has 0 bridgehead atoms. The number of nitrogens with zero attached hydrogens (tertiary/aromatic N) is 1. The third kappa shape index (κ3) is 1.35. The Bertz CT molecular complexity index is 348. The van der Waals surface area contributed by atoms with Gasteiger partial charge in [0.15, 0.2) is 0 Å². The van der Waals surface area contributed by atoms with Crippen LogP contribution in [0, 0.1) is 0 Å². The maximum Gasteiger partial charge on any atom is 0.339 e. The Morgan fingerprint density at radius 2 is 2.50 bits per heavy atom. The van der Waals surface area contributed by atoms with Crippen molar-refractivity contribution in [2.75, 3.05) is 0 Å². The number of hydrogen-bond acceptors (Lipinski definition) is 3. The van der Waals surface area contributed by atoms with Crippen molar-refractivity contribution in [1.82, 2.24) is 5.06 Å². The fraction of sp³-hybridized carbons (Fsp3) is 0.444. The fourth-order valence-corrected chi connectivity index (χ4v) is 1.87. The molecular weight excluding hydrogens is 184 g/mol.